The molecule has 2 nitrogen and oxygen atoms in total. The van der Waals surface area contributed by atoms with Crippen molar-refractivity contribution in [1.82, 2.24) is 0 Å². The Bertz CT molecular complexity index is 508. The molecule has 0 bridgehead atoms. The Hall–Kier alpha value is -1.93. The van der Waals surface area contributed by atoms with Gasteiger partial charge in [0.25, 0.3) is 0 Å². The molecule has 1 aliphatic heterocycles. The summed E-state index contributed by atoms with van der Waals surface area (Å²) in [6.45, 7) is 0.772. The lowest BCUT2D eigenvalue weighted by molar-refractivity contribution is -0.120. The molecule has 0 spiro atoms. The van der Waals surface area contributed by atoms with E-state index in [4.69, 9.17) is 4.74 Å². The van der Waals surface area contributed by atoms with Crippen LogP contribution in [0.2, 0.25) is 0 Å². The van der Waals surface area contributed by atoms with E-state index in [0.29, 0.717) is 6.61 Å². The van der Waals surface area contributed by atoms with Crippen molar-refractivity contribution in [1.29, 1.82) is 0 Å². The Morgan fingerprint density at radius 2 is 1.42 bits per heavy atom. The van der Waals surface area contributed by atoms with Gasteiger partial charge in [0.2, 0.25) is 0 Å². The Balaban J connectivity index is 2.03. The topological polar surface area (TPSA) is 26.3 Å². The number of Topliss-reactive ketones (excluding diaryl/α,β-unsaturated/α-hetero) is 1. The monoisotopic (exact) mass is 252 g/mol. The summed E-state index contributed by atoms with van der Waals surface area (Å²) in [4.78, 5) is 12.0. The fraction of sp³-hybridized carbons (Fsp3) is 0.235. The van der Waals surface area contributed by atoms with Gasteiger partial charge >= 0.3 is 0 Å². The molecule has 2 aromatic carbocycles. The fourth-order valence-electron chi connectivity index (χ4n) is 2.75. The second-order valence-corrected chi connectivity index (χ2v) is 4.89. The van der Waals surface area contributed by atoms with Gasteiger partial charge in [0, 0.05) is 5.92 Å². The van der Waals surface area contributed by atoms with E-state index in [2.05, 4.69) is 24.3 Å². The van der Waals surface area contributed by atoms with E-state index in [9.17, 15) is 4.79 Å². The SMILES string of the molecule is O=C1COCC1C(c1ccccc1)c1ccccc1. The summed E-state index contributed by atoms with van der Waals surface area (Å²) in [5.74, 6) is 0.236. The predicted molar refractivity (Wildman–Crippen MR) is 74.0 cm³/mol. The van der Waals surface area contributed by atoms with Crippen LogP contribution in [0.4, 0.5) is 0 Å². The van der Waals surface area contributed by atoms with Gasteiger partial charge in [-0.1, -0.05) is 60.7 Å². The lowest BCUT2D eigenvalue weighted by atomic mass is 9.80. The third kappa shape index (κ3) is 2.45. The van der Waals surface area contributed by atoms with Gasteiger partial charge in [-0.05, 0) is 11.1 Å². The predicted octanol–water partition coefficient (Wildman–Crippen LogP) is 3.03. The standard InChI is InChI=1S/C17H16O2/c18-16-12-19-11-15(16)17(13-7-3-1-4-8-13)14-9-5-2-6-10-14/h1-10,15,17H,11-12H2. The molecule has 19 heavy (non-hydrogen) atoms. The van der Waals surface area contributed by atoms with E-state index in [1.165, 1.54) is 11.1 Å². The van der Waals surface area contributed by atoms with Gasteiger partial charge in [-0.15, -0.1) is 0 Å². The zero-order valence-electron chi connectivity index (χ0n) is 10.7. The van der Waals surface area contributed by atoms with Crippen molar-refractivity contribution in [3.8, 4) is 0 Å². The molecule has 0 amide bonds. The Kier molecular flexibility index (Phi) is 3.43. The number of carbonyl (C=O) groups is 1. The number of carbonyl (C=O) groups excluding carboxylic acids is 1. The van der Waals surface area contributed by atoms with Gasteiger partial charge in [-0.3, -0.25) is 4.79 Å². The molecule has 3 rings (SSSR count). The molecule has 1 saturated heterocycles. The van der Waals surface area contributed by atoms with Crippen LogP contribution in [0.25, 0.3) is 0 Å². The molecule has 0 aromatic heterocycles. The highest BCUT2D eigenvalue weighted by Crippen LogP contribution is 2.34. The van der Waals surface area contributed by atoms with Crippen molar-refractivity contribution in [2.24, 2.45) is 5.92 Å². The van der Waals surface area contributed by atoms with Crippen LogP contribution < -0.4 is 0 Å². The maximum absolute atomic E-state index is 12.0. The average molecular weight is 252 g/mol. The first kappa shape index (κ1) is 12.1. The first-order chi connectivity index (χ1) is 9.36. The van der Waals surface area contributed by atoms with Gasteiger partial charge in [0.1, 0.15) is 6.61 Å². The van der Waals surface area contributed by atoms with Gasteiger partial charge in [0.05, 0.1) is 12.5 Å². The first-order valence-corrected chi connectivity index (χ1v) is 6.56. The summed E-state index contributed by atoms with van der Waals surface area (Å²) >= 11 is 0. The summed E-state index contributed by atoms with van der Waals surface area (Å²) in [7, 11) is 0. The van der Waals surface area contributed by atoms with Crippen LogP contribution >= 0.6 is 0 Å². The molecule has 0 aliphatic carbocycles. The maximum atomic E-state index is 12.0. The molecule has 1 atom stereocenters. The Morgan fingerprint density at radius 1 is 0.895 bits per heavy atom. The molecular formula is C17H16O2. The molecule has 1 heterocycles. The zero-order chi connectivity index (χ0) is 13.1. The number of hydrogen-bond acceptors (Lipinski definition) is 2. The smallest absolute Gasteiger partial charge is 0.164 e. The van der Waals surface area contributed by atoms with Crippen LogP contribution in [0.3, 0.4) is 0 Å². The van der Waals surface area contributed by atoms with Crippen LogP contribution in [0.5, 0.6) is 0 Å². The summed E-state index contributed by atoms with van der Waals surface area (Å²) in [6.07, 6.45) is 0. The van der Waals surface area contributed by atoms with Gasteiger partial charge < -0.3 is 4.74 Å². The number of benzene rings is 2. The number of ketones is 1. The summed E-state index contributed by atoms with van der Waals surface area (Å²) < 4.78 is 5.34. The van der Waals surface area contributed by atoms with Crippen LogP contribution in [-0.2, 0) is 9.53 Å². The van der Waals surface area contributed by atoms with Crippen LogP contribution in [0.1, 0.15) is 17.0 Å². The molecule has 1 aliphatic rings. The number of rotatable bonds is 3. The zero-order valence-corrected chi connectivity index (χ0v) is 10.7. The van der Waals surface area contributed by atoms with Crippen molar-refractivity contribution in [2.45, 2.75) is 5.92 Å². The van der Waals surface area contributed by atoms with Crippen molar-refractivity contribution in [3.05, 3.63) is 71.8 Å². The Morgan fingerprint density at radius 3 is 1.84 bits per heavy atom. The normalized spacial score (nSPS) is 19.0. The number of ether oxygens (including phenoxy) is 1. The van der Waals surface area contributed by atoms with E-state index < -0.39 is 0 Å². The van der Waals surface area contributed by atoms with E-state index >= 15 is 0 Å². The van der Waals surface area contributed by atoms with Gasteiger partial charge in [-0.2, -0.15) is 0 Å². The highest BCUT2D eigenvalue weighted by Gasteiger charge is 2.34. The quantitative estimate of drug-likeness (QED) is 0.839. The second-order valence-electron chi connectivity index (χ2n) is 4.89. The summed E-state index contributed by atoms with van der Waals surface area (Å²) in [6, 6.07) is 20.4. The van der Waals surface area contributed by atoms with E-state index in [-0.39, 0.29) is 24.2 Å². The van der Waals surface area contributed by atoms with Gasteiger partial charge in [-0.25, -0.2) is 0 Å². The van der Waals surface area contributed by atoms with Crippen molar-refractivity contribution >= 4 is 5.78 Å². The molecule has 0 N–H and O–H groups in total. The van der Waals surface area contributed by atoms with Crippen LogP contribution in [-0.4, -0.2) is 19.0 Å². The lowest BCUT2D eigenvalue weighted by Gasteiger charge is -2.22. The fourth-order valence-corrected chi connectivity index (χ4v) is 2.75. The van der Waals surface area contributed by atoms with Crippen LogP contribution in [0.15, 0.2) is 60.7 Å². The molecule has 1 unspecified atom stereocenters. The molecule has 0 radical (unpaired) electrons. The summed E-state index contributed by atoms with van der Waals surface area (Å²) in [5, 5.41) is 0. The molecule has 2 heteroatoms. The van der Waals surface area contributed by atoms with E-state index in [0.717, 1.165) is 0 Å². The lowest BCUT2D eigenvalue weighted by Crippen LogP contribution is -2.21. The van der Waals surface area contributed by atoms with E-state index in [1.807, 2.05) is 36.4 Å². The van der Waals surface area contributed by atoms with E-state index in [1.54, 1.807) is 0 Å². The minimum absolute atomic E-state index is 0.0650. The highest BCUT2D eigenvalue weighted by atomic mass is 16.5. The molecule has 1 fully saturated rings. The molecule has 0 saturated carbocycles. The van der Waals surface area contributed by atoms with Crippen molar-refractivity contribution in [2.75, 3.05) is 13.2 Å². The third-order valence-electron chi connectivity index (χ3n) is 3.68. The molecule has 2 aromatic rings. The first-order valence-electron chi connectivity index (χ1n) is 6.56. The van der Waals surface area contributed by atoms with Crippen molar-refractivity contribution in [3.63, 3.8) is 0 Å². The minimum atomic E-state index is -0.0650. The maximum Gasteiger partial charge on any atom is 0.164 e. The van der Waals surface area contributed by atoms with Gasteiger partial charge in [0.15, 0.2) is 5.78 Å². The summed E-state index contributed by atoms with van der Waals surface area (Å²) in [5.41, 5.74) is 2.36. The molecular weight excluding hydrogens is 236 g/mol. The number of hydrogen-bond donors (Lipinski definition) is 0. The Labute approximate surface area is 113 Å². The third-order valence-corrected chi connectivity index (χ3v) is 3.68. The molecule has 96 valence electrons. The minimum Gasteiger partial charge on any atom is -0.373 e. The van der Waals surface area contributed by atoms with Crippen LogP contribution in [0, 0.1) is 5.92 Å². The van der Waals surface area contributed by atoms with Crippen molar-refractivity contribution < 1.29 is 9.53 Å². The largest absolute Gasteiger partial charge is 0.373 e. The average Bonchev–Trinajstić information content (AvgIpc) is 2.88. The highest BCUT2D eigenvalue weighted by molar-refractivity contribution is 5.85. The second kappa shape index (κ2) is 5.37.